The van der Waals surface area contributed by atoms with Crippen LogP contribution in [-0.4, -0.2) is 40.7 Å². The molecule has 0 amide bonds. The summed E-state index contributed by atoms with van der Waals surface area (Å²) in [4.78, 5) is 25.4. The number of methoxy groups -OCH3 is 1. The number of carbonyl (C=O) groups is 1. The number of hydrogen-bond donors (Lipinski definition) is 2. The largest absolute Gasteiger partial charge is 0.479 e. The predicted octanol–water partition coefficient (Wildman–Crippen LogP) is 1.72. The molecule has 0 aliphatic heterocycles. The van der Waals surface area contributed by atoms with Crippen molar-refractivity contribution in [1.82, 2.24) is 4.98 Å². The average molecular weight is 297 g/mol. The lowest BCUT2D eigenvalue weighted by Gasteiger charge is -2.12. The summed E-state index contributed by atoms with van der Waals surface area (Å²) in [5.74, 6) is -1.14. The van der Waals surface area contributed by atoms with Gasteiger partial charge in [0.2, 0.25) is 0 Å². The van der Waals surface area contributed by atoms with E-state index in [1.165, 1.54) is 30.0 Å². The molecule has 1 unspecified atom stereocenters. The number of nitro benzene ring substituents is 1. The van der Waals surface area contributed by atoms with Crippen molar-refractivity contribution in [2.24, 2.45) is 0 Å². The number of ether oxygens (including phenoxy) is 1. The fourth-order valence-corrected chi connectivity index (χ4v) is 2.40. The number of aliphatic carboxylic acids is 1. The number of fused-ring (bicyclic) bond motifs is 1. The summed E-state index contributed by atoms with van der Waals surface area (Å²) in [7, 11) is 1.26. The molecule has 0 aliphatic carbocycles. The van der Waals surface area contributed by atoms with Crippen molar-refractivity contribution >= 4 is 38.9 Å². The van der Waals surface area contributed by atoms with Crippen LogP contribution in [0.3, 0.4) is 0 Å². The summed E-state index contributed by atoms with van der Waals surface area (Å²) < 4.78 is 5.46. The first-order valence-electron chi connectivity index (χ1n) is 5.54. The zero-order valence-corrected chi connectivity index (χ0v) is 11.2. The third kappa shape index (κ3) is 2.68. The third-order valence-electron chi connectivity index (χ3n) is 2.70. The minimum atomic E-state index is -1.14. The molecule has 1 aromatic heterocycles. The van der Waals surface area contributed by atoms with Crippen LogP contribution in [0, 0.1) is 10.1 Å². The third-order valence-corrected chi connectivity index (χ3v) is 3.49. The zero-order chi connectivity index (χ0) is 14.7. The Morgan fingerprint density at radius 1 is 1.65 bits per heavy atom. The van der Waals surface area contributed by atoms with Crippen LogP contribution >= 0.6 is 11.3 Å². The zero-order valence-electron chi connectivity index (χ0n) is 10.4. The molecule has 9 heteroatoms. The van der Waals surface area contributed by atoms with Crippen molar-refractivity contribution in [2.45, 2.75) is 6.10 Å². The molecule has 20 heavy (non-hydrogen) atoms. The lowest BCUT2D eigenvalue weighted by molar-refractivity contribution is -0.382. The number of thiazole rings is 1. The van der Waals surface area contributed by atoms with E-state index in [4.69, 9.17) is 9.84 Å². The molecule has 2 aromatic rings. The molecule has 1 heterocycles. The van der Waals surface area contributed by atoms with E-state index in [0.29, 0.717) is 4.70 Å². The van der Waals surface area contributed by atoms with Crippen LogP contribution < -0.4 is 5.32 Å². The van der Waals surface area contributed by atoms with Gasteiger partial charge in [-0.3, -0.25) is 10.1 Å². The normalized spacial score (nSPS) is 12.2. The Kier molecular flexibility index (Phi) is 4.11. The Balaban J connectivity index is 2.32. The Morgan fingerprint density at radius 2 is 2.40 bits per heavy atom. The van der Waals surface area contributed by atoms with Crippen molar-refractivity contribution in [3.8, 4) is 0 Å². The van der Waals surface area contributed by atoms with Crippen molar-refractivity contribution in [2.75, 3.05) is 19.0 Å². The summed E-state index contributed by atoms with van der Waals surface area (Å²) in [6, 6.07) is 3.23. The molecule has 0 spiro atoms. The summed E-state index contributed by atoms with van der Waals surface area (Å²) in [5, 5.41) is 22.7. The highest BCUT2D eigenvalue weighted by Gasteiger charge is 2.22. The minimum Gasteiger partial charge on any atom is -0.479 e. The topological polar surface area (TPSA) is 115 Å². The van der Waals surface area contributed by atoms with Crippen LogP contribution in [-0.2, 0) is 9.53 Å². The van der Waals surface area contributed by atoms with Crippen LogP contribution in [0.15, 0.2) is 17.6 Å². The van der Waals surface area contributed by atoms with Crippen LogP contribution in [0.4, 0.5) is 11.4 Å². The van der Waals surface area contributed by atoms with E-state index in [-0.39, 0.29) is 23.4 Å². The molecular weight excluding hydrogens is 286 g/mol. The molecule has 0 saturated heterocycles. The van der Waals surface area contributed by atoms with Gasteiger partial charge in [-0.2, -0.15) is 0 Å². The quantitative estimate of drug-likeness (QED) is 0.616. The van der Waals surface area contributed by atoms with Crippen LogP contribution in [0.25, 0.3) is 10.2 Å². The highest BCUT2D eigenvalue weighted by molar-refractivity contribution is 7.16. The fourth-order valence-electron chi connectivity index (χ4n) is 1.72. The molecule has 2 rings (SSSR count). The standard InChI is InChI=1S/C11H11N3O5S/c1-19-7(11(15)16)4-12-6-2-3-8-9(13-5-20-8)10(6)14(17)18/h2-3,5,7,12H,4H2,1H3,(H,15,16). The summed E-state index contributed by atoms with van der Waals surface area (Å²) in [5.41, 5.74) is 1.87. The average Bonchev–Trinajstić information content (AvgIpc) is 2.86. The van der Waals surface area contributed by atoms with Gasteiger partial charge in [0, 0.05) is 7.11 Å². The minimum absolute atomic E-state index is 0.0810. The maximum Gasteiger partial charge on any atom is 0.334 e. The molecule has 1 aromatic carbocycles. The summed E-state index contributed by atoms with van der Waals surface area (Å²) in [6.07, 6.45) is -1.08. The van der Waals surface area contributed by atoms with Gasteiger partial charge in [-0.25, -0.2) is 9.78 Å². The van der Waals surface area contributed by atoms with E-state index in [1.807, 2.05) is 0 Å². The number of nitro groups is 1. The van der Waals surface area contributed by atoms with Gasteiger partial charge in [0.25, 0.3) is 0 Å². The Morgan fingerprint density at radius 3 is 3.00 bits per heavy atom. The fraction of sp³-hybridized carbons (Fsp3) is 0.273. The van der Waals surface area contributed by atoms with Crippen molar-refractivity contribution in [3.05, 3.63) is 27.8 Å². The number of hydrogen-bond acceptors (Lipinski definition) is 7. The number of carboxylic acid groups (broad SMARTS) is 1. The van der Waals surface area contributed by atoms with Crippen LogP contribution in [0.2, 0.25) is 0 Å². The second-order valence-electron chi connectivity index (χ2n) is 3.86. The van der Waals surface area contributed by atoms with E-state index in [1.54, 1.807) is 6.07 Å². The maximum absolute atomic E-state index is 11.2. The number of aromatic nitrogens is 1. The lowest BCUT2D eigenvalue weighted by Crippen LogP contribution is -2.30. The van der Waals surface area contributed by atoms with E-state index < -0.39 is 17.0 Å². The molecule has 106 valence electrons. The van der Waals surface area contributed by atoms with E-state index in [2.05, 4.69) is 10.3 Å². The number of nitrogens with zero attached hydrogens (tertiary/aromatic N) is 2. The lowest BCUT2D eigenvalue weighted by atomic mass is 10.2. The molecule has 0 radical (unpaired) electrons. The van der Waals surface area contributed by atoms with E-state index in [0.717, 1.165) is 0 Å². The molecule has 0 saturated carbocycles. The Labute approximate surface area is 117 Å². The monoisotopic (exact) mass is 297 g/mol. The second kappa shape index (κ2) is 5.80. The van der Waals surface area contributed by atoms with Gasteiger partial charge in [0.1, 0.15) is 5.69 Å². The molecule has 0 bridgehead atoms. The number of anilines is 1. The van der Waals surface area contributed by atoms with Crippen molar-refractivity contribution in [1.29, 1.82) is 0 Å². The van der Waals surface area contributed by atoms with Gasteiger partial charge < -0.3 is 15.2 Å². The highest BCUT2D eigenvalue weighted by Crippen LogP contribution is 2.34. The highest BCUT2D eigenvalue weighted by atomic mass is 32.1. The van der Waals surface area contributed by atoms with Gasteiger partial charge in [-0.15, -0.1) is 11.3 Å². The molecular formula is C11H11N3O5S. The Bertz CT molecular complexity index is 657. The first kappa shape index (κ1) is 14.2. The van der Waals surface area contributed by atoms with Crippen molar-refractivity contribution < 1.29 is 19.6 Å². The number of benzene rings is 1. The molecule has 8 nitrogen and oxygen atoms in total. The Hall–Kier alpha value is -2.26. The second-order valence-corrected chi connectivity index (χ2v) is 4.75. The summed E-state index contributed by atoms with van der Waals surface area (Å²) in [6.45, 7) is -0.0810. The maximum atomic E-state index is 11.2. The first-order chi connectivity index (χ1) is 9.54. The number of rotatable bonds is 6. The molecule has 2 N–H and O–H groups in total. The SMILES string of the molecule is COC(CNc1ccc2scnc2c1[N+](=O)[O-])C(=O)O. The molecule has 1 atom stereocenters. The van der Waals surface area contributed by atoms with E-state index in [9.17, 15) is 14.9 Å². The van der Waals surface area contributed by atoms with Gasteiger partial charge in [0.15, 0.2) is 11.6 Å². The van der Waals surface area contributed by atoms with Gasteiger partial charge in [-0.05, 0) is 12.1 Å². The molecule has 0 aliphatic rings. The van der Waals surface area contributed by atoms with Crippen LogP contribution in [0.1, 0.15) is 0 Å². The smallest absolute Gasteiger partial charge is 0.334 e. The number of carboxylic acids is 1. The van der Waals surface area contributed by atoms with Crippen LogP contribution in [0.5, 0.6) is 0 Å². The van der Waals surface area contributed by atoms with Gasteiger partial charge in [-0.1, -0.05) is 0 Å². The first-order valence-corrected chi connectivity index (χ1v) is 6.42. The summed E-state index contributed by atoms with van der Waals surface area (Å²) >= 11 is 1.30. The molecule has 0 fully saturated rings. The van der Waals surface area contributed by atoms with Crippen molar-refractivity contribution in [3.63, 3.8) is 0 Å². The van der Waals surface area contributed by atoms with Gasteiger partial charge >= 0.3 is 11.7 Å². The van der Waals surface area contributed by atoms with Gasteiger partial charge in [0.05, 0.1) is 21.7 Å². The van der Waals surface area contributed by atoms with E-state index >= 15 is 0 Å². The number of nitrogens with one attached hydrogen (secondary N) is 1. The predicted molar refractivity (Wildman–Crippen MR) is 73.2 cm³/mol.